The Labute approximate surface area is 178 Å². The molecule has 2 bridgehead atoms. The fourth-order valence-corrected chi connectivity index (χ4v) is 5.34. The Balaban J connectivity index is 0.00000240. The minimum Gasteiger partial charge on any atom is -0.369 e. The highest BCUT2D eigenvalue weighted by Crippen LogP contribution is 2.52. The van der Waals surface area contributed by atoms with Crippen molar-refractivity contribution in [1.29, 1.82) is 0 Å². The first kappa shape index (κ1) is 21.8. The lowest BCUT2D eigenvalue weighted by Gasteiger charge is -2.34. The number of carbonyl (C=O) groups excluding carboxylic acids is 2. The summed E-state index contributed by atoms with van der Waals surface area (Å²) in [4.78, 5) is 37.7. The number of hydrogen-bond donors (Lipinski definition) is 2. The van der Waals surface area contributed by atoms with Gasteiger partial charge in [-0.15, -0.1) is 12.4 Å². The van der Waals surface area contributed by atoms with E-state index < -0.39 is 0 Å². The number of carbonyl (C=O) groups is 2. The molecule has 29 heavy (non-hydrogen) atoms. The first-order valence-electron chi connectivity index (χ1n) is 10.4. The van der Waals surface area contributed by atoms with Gasteiger partial charge < -0.3 is 16.0 Å². The average Bonchev–Trinajstić information content (AvgIpc) is 3.34. The number of primary amides is 1. The molecule has 4 rings (SSSR count). The highest BCUT2D eigenvalue weighted by atomic mass is 35.5. The van der Waals surface area contributed by atoms with Crippen LogP contribution in [-0.4, -0.2) is 66.0 Å². The van der Waals surface area contributed by atoms with Gasteiger partial charge in [-0.2, -0.15) is 0 Å². The predicted octanol–water partition coefficient (Wildman–Crippen LogP) is 0.674. The van der Waals surface area contributed by atoms with E-state index in [4.69, 9.17) is 5.73 Å². The van der Waals surface area contributed by atoms with Gasteiger partial charge >= 0.3 is 0 Å². The molecule has 3 aliphatic rings. The van der Waals surface area contributed by atoms with Crippen molar-refractivity contribution >= 4 is 30.2 Å². The molecular formula is C20H31ClN6O2. The zero-order valence-corrected chi connectivity index (χ0v) is 17.5. The summed E-state index contributed by atoms with van der Waals surface area (Å²) >= 11 is 0. The number of nitrogens with zero attached hydrogens (tertiary/aromatic N) is 4. The highest BCUT2D eigenvalue weighted by Gasteiger charge is 2.53. The van der Waals surface area contributed by atoms with Crippen molar-refractivity contribution in [2.45, 2.75) is 25.7 Å². The Hall–Kier alpha value is -1.93. The van der Waals surface area contributed by atoms with Gasteiger partial charge in [-0.1, -0.05) is 0 Å². The van der Waals surface area contributed by atoms with Crippen LogP contribution in [0.5, 0.6) is 0 Å². The zero-order valence-electron chi connectivity index (χ0n) is 16.7. The van der Waals surface area contributed by atoms with Gasteiger partial charge in [-0.3, -0.25) is 14.5 Å². The molecule has 2 amide bonds. The Morgan fingerprint density at radius 1 is 1.07 bits per heavy atom. The second-order valence-electron chi connectivity index (χ2n) is 8.31. The Morgan fingerprint density at radius 2 is 1.72 bits per heavy atom. The molecule has 9 heteroatoms. The molecule has 2 heterocycles. The molecule has 8 nitrogen and oxygen atoms in total. The highest BCUT2D eigenvalue weighted by molar-refractivity contribution is 5.88. The van der Waals surface area contributed by atoms with Crippen molar-refractivity contribution in [2.75, 3.05) is 44.2 Å². The number of aromatic nitrogens is 2. The first-order valence-corrected chi connectivity index (χ1v) is 10.4. The van der Waals surface area contributed by atoms with Crippen molar-refractivity contribution < 1.29 is 9.59 Å². The summed E-state index contributed by atoms with van der Waals surface area (Å²) in [6, 6.07) is 1.83. The molecule has 4 unspecified atom stereocenters. The van der Waals surface area contributed by atoms with E-state index in [0.717, 1.165) is 64.4 Å². The number of fused-ring (bicyclic) bond motifs is 2. The average molecular weight is 423 g/mol. The predicted molar refractivity (Wildman–Crippen MR) is 113 cm³/mol. The van der Waals surface area contributed by atoms with Crippen molar-refractivity contribution in [3.05, 3.63) is 18.5 Å². The van der Waals surface area contributed by atoms with E-state index >= 15 is 0 Å². The first-order chi connectivity index (χ1) is 13.6. The molecule has 160 valence electrons. The summed E-state index contributed by atoms with van der Waals surface area (Å²) in [6.45, 7) is 5.40. The molecule has 3 fully saturated rings. The molecule has 1 aromatic rings. The molecule has 2 saturated carbocycles. The van der Waals surface area contributed by atoms with Crippen LogP contribution in [0.1, 0.15) is 25.7 Å². The summed E-state index contributed by atoms with van der Waals surface area (Å²) < 4.78 is 0. The Morgan fingerprint density at radius 3 is 2.38 bits per heavy atom. The lowest BCUT2D eigenvalue weighted by molar-refractivity contribution is -0.135. The van der Waals surface area contributed by atoms with Crippen LogP contribution in [0.4, 0.5) is 5.95 Å². The van der Waals surface area contributed by atoms with Crippen LogP contribution in [0.25, 0.3) is 0 Å². The van der Waals surface area contributed by atoms with E-state index in [9.17, 15) is 9.59 Å². The standard InChI is InChI=1S/C20H30N6O2.ClH/c21-18(27)16-14-3-4-15(13-14)17(16)19(28)22-7-2-8-25-9-11-26(12-10-25)20-23-5-1-6-24-20;/h1,5-6,14-17H,2-4,7-13H2,(H2,21,27)(H,22,28);1H. The summed E-state index contributed by atoms with van der Waals surface area (Å²) in [5.74, 6) is 0.732. The van der Waals surface area contributed by atoms with E-state index in [-0.39, 0.29) is 36.1 Å². The minimum atomic E-state index is -0.299. The maximum atomic E-state index is 12.6. The lowest BCUT2D eigenvalue weighted by atomic mass is 9.78. The molecule has 4 atom stereocenters. The molecule has 0 aromatic carbocycles. The molecule has 2 aliphatic carbocycles. The fourth-order valence-electron chi connectivity index (χ4n) is 5.34. The summed E-state index contributed by atoms with van der Waals surface area (Å²) in [6.07, 6.45) is 7.55. The van der Waals surface area contributed by atoms with E-state index in [1.54, 1.807) is 12.4 Å². The third-order valence-electron chi connectivity index (χ3n) is 6.71. The van der Waals surface area contributed by atoms with Gasteiger partial charge in [0.1, 0.15) is 0 Å². The second-order valence-corrected chi connectivity index (χ2v) is 8.31. The third-order valence-corrected chi connectivity index (χ3v) is 6.71. The number of halogens is 1. The van der Waals surface area contributed by atoms with Gasteiger partial charge in [-0.05, 0) is 50.1 Å². The van der Waals surface area contributed by atoms with Crippen LogP contribution < -0.4 is 16.0 Å². The Bertz CT molecular complexity index is 697. The zero-order chi connectivity index (χ0) is 19.5. The van der Waals surface area contributed by atoms with E-state index in [1.165, 1.54) is 0 Å². The number of nitrogens with one attached hydrogen (secondary N) is 1. The number of anilines is 1. The molecule has 1 aromatic heterocycles. The number of amides is 2. The molecule has 1 aliphatic heterocycles. The third kappa shape index (κ3) is 4.80. The fraction of sp³-hybridized carbons (Fsp3) is 0.700. The van der Waals surface area contributed by atoms with Gasteiger partial charge in [0.05, 0.1) is 11.8 Å². The largest absolute Gasteiger partial charge is 0.369 e. The quantitative estimate of drug-likeness (QED) is 0.626. The number of piperazine rings is 1. The van der Waals surface area contributed by atoms with Crippen LogP contribution in [0.3, 0.4) is 0 Å². The van der Waals surface area contributed by atoms with Gasteiger partial charge in [0, 0.05) is 45.1 Å². The van der Waals surface area contributed by atoms with Crippen molar-refractivity contribution in [2.24, 2.45) is 29.4 Å². The van der Waals surface area contributed by atoms with E-state index in [1.807, 2.05) is 6.07 Å². The molecule has 3 N–H and O–H groups in total. The van der Waals surface area contributed by atoms with Crippen LogP contribution in [0.2, 0.25) is 0 Å². The smallest absolute Gasteiger partial charge is 0.225 e. The maximum absolute atomic E-state index is 12.6. The Kier molecular flexibility index (Phi) is 7.29. The molecular weight excluding hydrogens is 392 g/mol. The van der Waals surface area contributed by atoms with Crippen LogP contribution in [0, 0.1) is 23.7 Å². The van der Waals surface area contributed by atoms with Crippen LogP contribution in [0.15, 0.2) is 18.5 Å². The van der Waals surface area contributed by atoms with E-state index in [0.29, 0.717) is 18.4 Å². The van der Waals surface area contributed by atoms with Crippen molar-refractivity contribution in [1.82, 2.24) is 20.2 Å². The molecule has 1 saturated heterocycles. The van der Waals surface area contributed by atoms with Gasteiger partial charge in [0.25, 0.3) is 0 Å². The monoisotopic (exact) mass is 422 g/mol. The molecule has 0 radical (unpaired) electrons. The van der Waals surface area contributed by atoms with Gasteiger partial charge in [0.2, 0.25) is 17.8 Å². The summed E-state index contributed by atoms with van der Waals surface area (Å²) in [5.41, 5.74) is 5.58. The van der Waals surface area contributed by atoms with Gasteiger partial charge in [0.15, 0.2) is 0 Å². The second kappa shape index (κ2) is 9.71. The summed E-state index contributed by atoms with van der Waals surface area (Å²) in [5, 5.41) is 3.06. The SMILES string of the molecule is Cl.NC(=O)C1C2CCC(C2)C1C(=O)NCCCN1CCN(c2ncccn2)CC1. The number of rotatable bonds is 7. The normalized spacial score (nSPS) is 28.8. The minimum absolute atomic E-state index is 0. The summed E-state index contributed by atoms with van der Waals surface area (Å²) in [7, 11) is 0. The maximum Gasteiger partial charge on any atom is 0.225 e. The number of hydrogen-bond acceptors (Lipinski definition) is 6. The lowest BCUT2D eigenvalue weighted by Crippen LogP contribution is -2.48. The topological polar surface area (TPSA) is 104 Å². The van der Waals surface area contributed by atoms with Crippen LogP contribution >= 0.6 is 12.4 Å². The van der Waals surface area contributed by atoms with E-state index in [2.05, 4.69) is 25.1 Å². The van der Waals surface area contributed by atoms with Crippen molar-refractivity contribution in [3.8, 4) is 0 Å². The van der Waals surface area contributed by atoms with Crippen LogP contribution in [-0.2, 0) is 9.59 Å². The number of nitrogens with two attached hydrogens (primary N) is 1. The molecule has 0 spiro atoms. The van der Waals surface area contributed by atoms with Gasteiger partial charge in [-0.25, -0.2) is 9.97 Å². The van der Waals surface area contributed by atoms with Crippen molar-refractivity contribution in [3.63, 3.8) is 0 Å².